The third kappa shape index (κ3) is 2.60. The molecule has 1 N–H and O–H groups in total. The number of imidazole rings is 1. The molecule has 0 saturated heterocycles. The average Bonchev–Trinajstić information content (AvgIpc) is 2.91. The molecule has 0 fully saturated rings. The van der Waals surface area contributed by atoms with E-state index in [1.54, 1.807) is 10.6 Å². The Hall–Kier alpha value is -1.98. The maximum atomic E-state index is 12.8. The van der Waals surface area contributed by atoms with Gasteiger partial charge in [0.05, 0.1) is 6.04 Å². The molecule has 1 aliphatic heterocycles. The minimum absolute atomic E-state index is 0.00489. The molecule has 1 atom stereocenters. The molecule has 0 spiro atoms. The van der Waals surface area contributed by atoms with Gasteiger partial charge in [0, 0.05) is 16.8 Å². The first-order valence-electron chi connectivity index (χ1n) is 7.39. The highest BCUT2D eigenvalue weighted by Gasteiger charge is 2.25. The second-order valence-electron chi connectivity index (χ2n) is 5.38. The van der Waals surface area contributed by atoms with Crippen molar-refractivity contribution in [2.24, 2.45) is 0 Å². The smallest absolute Gasteiger partial charge is 0.272 e. The van der Waals surface area contributed by atoms with Gasteiger partial charge >= 0.3 is 0 Å². The molecule has 1 aromatic carbocycles. The van der Waals surface area contributed by atoms with Crippen LogP contribution in [0.25, 0.3) is 5.65 Å². The van der Waals surface area contributed by atoms with E-state index < -0.39 is 0 Å². The Balaban J connectivity index is 1.67. The van der Waals surface area contributed by atoms with Crippen LogP contribution < -0.4 is 5.32 Å². The summed E-state index contributed by atoms with van der Waals surface area (Å²) in [6, 6.07) is 13.8. The van der Waals surface area contributed by atoms with E-state index in [1.807, 2.05) is 42.1 Å². The van der Waals surface area contributed by atoms with Crippen LogP contribution in [0.5, 0.6) is 0 Å². The summed E-state index contributed by atoms with van der Waals surface area (Å²) in [5, 5.41) is 3.34. The lowest BCUT2D eigenvalue weighted by atomic mass is 10.0. The van der Waals surface area contributed by atoms with Crippen LogP contribution in [0.3, 0.4) is 0 Å². The van der Waals surface area contributed by atoms with Crippen molar-refractivity contribution in [3.63, 3.8) is 0 Å². The molecule has 0 saturated carbocycles. The van der Waals surface area contributed by atoms with Crippen LogP contribution in [-0.2, 0) is 0 Å². The summed E-state index contributed by atoms with van der Waals surface area (Å²) >= 11 is 8.01. The molecule has 0 radical (unpaired) electrons. The number of hydrogen-bond donors (Lipinski definition) is 1. The monoisotopic (exact) mass is 343 g/mol. The lowest BCUT2D eigenvalue weighted by molar-refractivity contribution is 0.0929. The fraction of sp³-hybridized carbons (Fsp3) is 0.176. The summed E-state index contributed by atoms with van der Waals surface area (Å²) in [6.07, 6.45) is 2.70. The summed E-state index contributed by atoms with van der Waals surface area (Å²) in [4.78, 5) is 18.2. The van der Waals surface area contributed by atoms with Crippen molar-refractivity contribution in [1.29, 1.82) is 0 Å². The Morgan fingerprint density at radius 1 is 1.26 bits per heavy atom. The molecule has 3 heterocycles. The van der Waals surface area contributed by atoms with E-state index in [1.165, 1.54) is 10.5 Å². The predicted octanol–water partition coefficient (Wildman–Crippen LogP) is 3.95. The van der Waals surface area contributed by atoms with E-state index in [9.17, 15) is 4.79 Å². The summed E-state index contributed by atoms with van der Waals surface area (Å²) in [5.41, 5.74) is 2.22. The molecule has 0 bridgehead atoms. The minimum atomic E-state index is -0.194. The van der Waals surface area contributed by atoms with Crippen molar-refractivity contribution in [2.75, 3.05) is 5.75 Å². The SMILES string of the molecule is O=C(N[C@@H]1CCSc2ccccc21)c1c(Cl)nc2ccccn12. The van der Waals surface area contributed by atoms with Gasteiger partial charge in [0.15, 0.2) is 10.8 Å². The van der Waals surface area contributed by atoms with Crippen LogP contribution >= 0.6 is 23.4 Å². The molecule has 1 aliphatic rings. The number of amides is 1. The fourth-order valence-electron chi connectivity index (χ4n) is 2.89. The Labute approximate surface area is 142 Å². The van der Waals surface area contributed by atoms with Gasteiger partial charge in [-0.3, -0.25) is 9.20 Å². The van der Waals surface area contributed by atoms with Gasteiger partial charge in [0.1, 0.15) is 5.65 Å². The molecular formula is C17H14ClN3OS. The maximum Gasteiger partial charge on any atom is 0.272 e. The lowest BCUT2D eigenvalue weighted by Crippen LogP contribution is -2.31. The van der Waals surface area contributed by atoms with Gasteiger partial charge in [-0.25, -0.2) is 4.98 Å². The van der Waals surface area contributed by atoms with Crippen LogP contribution in [0.1, 0.15) is 28.5 Å². The van der Waals surface area contributed by atoms with Crippen LogP contribution in [-0.4, -0.2) is 21.0 Å². The molecule has 0 unspecified atom stereocenters. The van der Waals surface area contributed by atoms with Gasteiger partial charge in [-0.05, 0) is 30.2 Å². The summed E-state index contributed by atoms with van der Waals surface area (Å²) < 4.78 is 1.72. The highest BCUT2D eigenvalue weighted by atomic mass is 35.5. The number of halogens is 1. The third-order valence-electron chi connectivity index (χ3n) is 3.97. The molecule has 116 valence electrons. The average molecular weight is 344 g/mol. The second kappa shape index (κ2) is 5.91. The van der Waals surface area contributed by atoms with Crippen molar-refractivity contribution in [1.82, 2.24) is 14.7 Å². The van der Waals surface area contributed by atoms with Gasteiger partial charge in [-0.1, -0.05) is 35.9 Å². The first kappa shape index (κ1) is 14.6. The number of hydrogen-bond acceptors (Lipinski definition) is 3. The first-order valence-corrected chi connectivity index (χ1v) is 8.75. The van der Waals surface area contributed by atoms with Crippen molar-refractivity contribution in [2.45, 2.75) is 17.4 Å². The second-order valence-corrected chi connectivity index (χ2v) is 6.88. The molecule has 23 heavy (non-hydrogen) atoms. The van der Waals surface area contributed by atoms with Gasteiger partial charge < -0.3 is 5.32 Å². The summed E-state index contributed by atoms with van der Waals surface area (Å²) in [6.45, 7) is 0. The standard InChI is InChI=1S/C17H14ClN3OS/c18-16-15(21-9-4-3-7-14(21)20-16)17(22)19-12-8-10-23-13-6-2-1-5-11(12)13/h1-7,9,12H,8,10H2,(H,19,22)/t12-/m1/s1. The van der Waals surface area contributed by atoms with Crippen molar-refractivity contribution >= 4 is 34.9 Å². The Morgan fingerprint density at radius 2 is 2.09 bits per heavy atom. The number of fused-ring (bicyclic) bond motifs is 2. The quantitative estimate of drug-likeness (QED) is 0.766. The van der Waals surface area contributed by atoms with E-state index in [0.717, 1.165) is 12.2 Å². The van der Waals surface area contributed by atoms with E-state index in [0.29, 0.717) is 11.3 Å². The van der Waals surface area contributed by atoms with Gasteiger partial charge in [0.25, 0.3) is 5.91 Å². The molecule has 4 nitrogen and oxygen atoms in total. The van der Waals surface area contributed by atoms with E-state index in [4.69, 9.17) is 11.6 Å². The number of carbonyl (C=O) groups excluding carboxylic acids is 1. The zero-order valence-corrected chi connectivity index (χ0v) is 13.8. The number of carbonyl (C=O) groups is 1. The Bertz CT molecular complexity index is 892. The number of benzene rings is 1. The molecule has 1 amide bonds. The van der Waals surface area contributed by atoms with E-state index in [2.05, 4.69) is 22.4 Å². The van der Waals surface area contributed by atoms with Crippen LogP contribution in [0, 0.1) is 0 Å². The molecule has 3 aromatic rings. The Morgan fingerprint density at radius 3 is 3.00 bits per heavy atom. The van der Waals surface area contributed by atoms with Crippen LogP contribution in [0.2, 0.25) is 5.15 Å². The van der Waals surface area contributed by atoms with E-state index >= 15 is 0 Å². The number of nitrogens with zero attached hydrogens (tertiary/aromatic N) is 2. The lowest BCUT2D eigenvalue weighted by Gasteiger charge is -2.25. The zero-order chi connectivity index (χ0) is 15.8. The van der Waals surface area contributed by atoms with Crippen molar-refractivity contribution in [3.8, 4) is 0 Å². The molecule has 0 aliphatic carbocycles. The van der Waals surface area contributed by atoms with Gasteiger partial charge in [-0.15, -0.1) is 11.8 Å². The largest absolute Gasteiger partial charge is 0.344 e. The topological polar surface area (TPSA) is 46.4 Å². The molecule has 2 aromatic heterocycles. The number of thioether (sulfide) groups is 1. The highest BCUT2D eigenvalue weighted by Crippen LogP contribution is 2.36. The third-order valence-corrected chi connectivity index (χ3v) is 5.35. The number of rotatable bonds is 2. The predicted molar refractivity (Wildman–Crippen MR) is 92.2 cm³/mol. The molecule has 6 heteroatoms. The number of pyridine rings is 1. The number of aromatic nitrogens is 2. The highest BCUT2D eigenvalue weighted by molar-refractivity contribution is 7.99. The van der Waals surface area contributed by atoms with Crippen molar-refractivity contribution < 1.29 is 4.79 Å². The maximum absolute atomic E-state index is 12.8. The summed E-state index contributed by atoms with van der Waals surface area (Å²) in [7, 11) is 0. The Kier molecular flexibility index (Phi) is 3.75. The normalized spacial score (nSPS) is 17.0. The fourth-order valence-corrected chi connectivity index (χ4v) is 4.28. The van der Waals surface area contributed by atoms with Crippen LogP contribution in [0.4, 0.5) is 0 Å². The zero-order valence-electron chi connectivity index (χ0n) is 12.2. The van der Waals surface area contributed by atoms with Gasteiger partial charge in [0.2, 0.25) is 0 Å². The summed E-state index contributed by atoms with van der Waals surface area (Å²) in [5.74, 6) is 0.795. The molecule has 4 rings (SSSR count). The van der Waals surface area contributed by atoms with Crippen LogP contribution in [0.15, 0.2) is 53.6 Å². The van der Waals surface area contributed by atoms with Gasteiger partial charge in [-0.2, -0.15) is 0 Å². The molecular weight excluding hydrogens is 330 g/mol. The minimum Gasteiger partial charge on any atom is -0.344 e. The first-order chi connectivity index (χ1) is 11.2. The number of nitrogens with one attached hydrogen (secondary N) is 1. The van der Waals surface area contributed by atoms with Crippen molar-refractivity contribution in [3.05, 3.63) is 65.1 Å². The van der Waals surface area contributed by atoms with E-state index in [-0.39, 0.29) is 17.1 Å².